The highest BCUT2D eigenvalue weighted by Gasteiger charge is 2.01. The molecule has 0 aliphatic heterocycles. The first-order chi connectivity index (χ1) is 8.56. The second-order valence-electron chi connectivity index (χ2n) is 3.92. The molecular formula is C14H11Cl2NO. The van der Waals surface area contributed by atoms with Crippen LogP contribution >= 0.6 is 23.2 Å². The summed E-state index contributed by atoms with van der Waals surface area (Å²) in [7, 11) is 0. The molecule has 0 aliphatic carbocycles. The van der Waals surface area contributed by atoms with Crippen LogP contribution in [-0.2, 0) is 0 Å². The first-order valence-electron chi connectivity index (χ1n) is 5.35. The standard InChI is InChI=1S/C14H11Cl2NO/c1-9-2-5-14(18)13(6-9)17-8-10-3-4-11(15)7-12(10)16/h2-8,18H,1H3. The third-order valence-electron chi connectivity index (χ3n) is 2.44. The Morgan fingerprint density at radius 1 is 1.11 bits per heavy atom. The summed E-state index contributed by atoms with van der Waals surface area (Å²) < 4.78 is 0. The zero-order chi connectivity index (χ0) is 13.1. The predicted octanol–water partition coefficient (Wildman–Crippen LogP) is 4.76. The molecule has 4 heteroatoms. The molecule has 2 rings (SSSR count). The summed E-state index contributed by atoms with van der Waals surface area (Å²) in [5, 5.41) is 10.8. The van der Waals surface area contributed by atoms with Gasteiger partial charge < -0.3 is 5.11 Å². The molecule has 1 N–H and O–H groups in total. The monoisotopic (exact) mass is 279 g/mol. The van der Waals surface area contributed by atoms with E-state index in [2.05, 4.69) is 4.99 Å². The number of aromatic hydroxyl groups is 1. The van der Waals surface area contributed by atoms with Crippen molar-refractivity contribution in [3.63, 3.8) is 0 Å². The van der Waals surface area contributed by atoms with E-state index in [0.29, 0.717) is 15.7 Å². The van der Waals surface area contributed by atoms with Crippen LogP contribution in [0.2, 0.25) is 10.0 Å². The summed E-state index contributed by atoms with van der Waals surface area (Å²) >= 11 is 11.8. The van der Waals surface area contributed by atoms with Crippen LogP contribution in [0.15, 0.2) is 41.4 Å². The lowest BCUT2D eigenvalue weighted by molar-refractivity contribution is 0.477. The third-order valence-corrected chi connectivity index (χ3v) is 3.00. The van der Waals surface area contributed by atoms with Crippen molar-refractivity contribution in [1.82, 2.24) is 0 Å². The summed E-state index contributed by atoms with van der Waals surface area (Å²) in [6.45, 7) is 1.94. The lowest BCUT2D eigenvalue weighted by atomic mass is 10.2. The van der Waals surface area contributed by atoms with E-state index in [1.807, 2.05) is 13.0 Å². The third kappa shape index (κ3) is 3.03. The van der Waals surface area contributed by atoms with Gasteiger partial charge in [-0.15, -0.1) is 0 Å². The number of phenolic OH excluding ortho intramolecular Hbond substituents is 1. The molecule has 0 heterocycles. The first kappa shape index (κ1) is 12.9. The second-order valence-corrected chi connectivity index (χ2v) is 4.76. The van der Waals surface area contributed by atoms with Gasteiger partial charge in [0.05, 0.1) is 5.02 Å². The number of phenols is 1. The molecule has 0 bridgehead atoms. The molecule has 0 spiro atoms. The Morgan fingerprint density at radius 2 is 1.89 bits per heavy atom. The van der Waals surface area contributed by atoms with Crippen LogP contribution in [0.1, 0.15) is 11.1 Å². The van der Waals surface area contributed by atoms with Crippen LogP contribution in [0.4, 0.5) is 5.69 Å². The Hall–Kier alpha value is -1.51. The fourth-order valence-electron chi connectivity index (χ4n) is 1.48. The van der Waals surface area contributed by atoms with E-state index in [1.165, 1.54) is 0 Å². The van der Waals surface area contributed by atoms with Gasteiger partial charge in [-0.25, -0.2) is 0 Å². The molecule has 0 radical (unpaired) electrons. The number of aliphatic imine (C=N–C) groups is 1. The van der Waals surface area contributed by atoms with Gasteiger partial charge in [0, 0.05) is 16.8 Å². The molecule has 18 heavy (non-hydrogen) atoms. The van der Waals surface area contributed by atoms with Crippen molar-refractivity contribution in [3.8, 4) is 5.75 Å². The minimum atomic E-state index is 0.141. The summed E-state index contributed by atoms with van der Waals surface area (Å²) in [5.41, 5.74) is 2.30. The average molecular weight is 280 g/mol. The van der Waals surface area contributed by atoms with Crippen molar-refractivity contribution in [3.05, 3.63) is 57.6 Å². The van der Waals surface area contributed by atoms with Gasteiger partial charge in [-0.3, -0.25) is 4.99 Å². The lowest BCUT2D eigenvalue weighted by Gasteiger charge is -2.01. The maximum absolute atomic E-state index is 9.66. The van der Waals surface area contributed by atoms with Crippen molar-refractivity contribution in [1.29, 1.82) is 0 Å². The van der Waals surface area contributed by atoms with Gasteiger partial charge in [-0.05, 0) is 36.8 Å². The van der Waals surface area contributed by atoms with Crippen molar-refractivity contribution < 1.29 is 5.11 Å². The molecule has 2 aromatic carbocycles. The SMILES string of the molecule is Cc1ccc(O)c(N=Cc2ccc(Cl)cc2Cl)c1. The highest BCUT2D eigenvalue weighted by Crippen LogP contribution is 2.27. The van der Waals surface area contributed by atoms with E-state index in [9.17, 15) is 5.11 Å². The van der Waals surface area contributed by atoms with Crippen LogP contribution in [-0.4, -0.2) is 11.3 Å². The molecule has 0 amide bonds. The molecule has 0 atom stereocenters. The predicted molar refractivity (Wildman–Crippen MR) is 76.6 cm³/mol. The molecular weight excluding hydrogens is 269 g/mol. The molecule has 0 saturated carbocycles. The molecule has 0 unspecified atom stereocenters. The van der Waals surface area contributed by atoms with E-state index >= 15 is 0 Å². The summed E-state index contributed by atoms with van der Waals surface area (Å²) in [4.78, 5) is 4.22. The molecule has 0 fully saturated rings. The van der Waals surface area contributed by atoms with Crippen molar-refractivity contribution in [2.75, 3.05) is 0 Å². The molecule has 2 nitrogen and oxygen atoms in total. The van der Waals surface area contributed by atoms with Gasteiger partial charge in [-0.2, -0.15) is 0 Å². The first-order valence-corrected chi connectivity index (χ1v) is 6.10. The molecule has 0 aromatic heterocycles. The van der Waals surface area contributed by atoms with Gasteiger partial charge >= 0.3 is 0 Å². The minimum Gasteiger partial charge on any atom is -0.506 e. The fraction of sp³-hybridized carbons (Fsp3) is 0.0714. The molecule has 2 aromatic rings. The zero-order valence-corrected chi connectivity index (χ0v) is 11.2. The van der Waals surface area contributed by atoms with Crippen LogP contribution in [0.5, 0.6) is 5.75 Å². The van der Waals surface area contributed by atoms with Crippen LogP contribution in [0, 0.1) is 6.92 Å². The van der Waals surface area contributed by atoms with Crippen LogP contribution in [0.25, 0.3) is 0 Å². The fourth-order valence-corrected chi connectivity index (χ4v) is 1.94. The minimum absolute atomic E-state index is 0.141. The number of hydrogen-bond acceptors (Lipinski definition) is 2. The van der Waals surface area contributed by atoms with Gasteiger partial charge in [0.25, 0.3) is 0 Å². The molecule has 0 saturated heterocycles. The Labute approximate surface area is 116 Å². The Kier molecular flexibility index (Phi) is 3.90. The second kappa shape index (κ2) is 5.42. The van der Waals surface area contributed by atoms with Gasteiger partial charge in [0.2, 0.25) is 0 Å². The van der Waals surface area contributed by atoms with Gasteiger partial charge in [0.15, 0.2) is 0 Å². The zero-order valence-electron chi connectivity index (χ0n) is 9.69. The molecule has 92 valence electrons. The van der Waals surface area contributed by atoms with Crippen LogP contribution < -0.4 is 0 Å². The van der Waals surface area contributed by atoms with E-state index in [4.69, 9.17) is 23.2 Å². The average Bonchev–Trinajstić information content (AvgIpc) is 2.32. The quantitative estimate of drug-likeness (QED) is 0.790. The number of benzene rings is 2. The van der Waals surface area contributed by atoms with Crippen LogP contribution in [0.3, 0.4) is 0 Å². The van der Waals surface area contributed by atoms with Crippen molar-refractivity contribution >= 4 is 35.1 Å². The van der Waals surface area contributed by atoms with E-state index < -0.39 is 0 Å². The van der Waals surface area contributed by atoms with E-state index in [-0.39, 0.29) is 5.75 Å². The van der Waals surface area contributed by atoms with Gasteiger partial charge in [-0.1, -0.05) is 35.3 Å². The highest BCUT2D eigenvalue weighted by molar-refractivity contribution is 6.36. The Bertz CT molecular complexity index is 609. The summed E-state index contributed by atoms with van der Waals surface area (Å²) in [6, 6.07) is 10.4. The highest BCUT2D eigenvalue weighted by atomic mass is 35.5. The number of aryl methyl sites for hydroxylation is 1. The maximum Gasteiger partial charge on any atom is 0.141 e. The van der Waals surface area contributed by atoms with E-state index in [1.54, 1.807) is 36.5 Å². The Morgan fingerprint density at radius 3 is 2.61 bits per heavy atom. The number of halogens is 2. The van der Waals surface area contributed by atoms with E-state index in [0.717, 1.165) is 11.1 Å². The normalized spacial score (nSPS) is 11.1. The summed E-state index contributed by atoms with van der Waals surface area (Å²) in [5.74, 6) is 0.141. The van der Waals surface area contributed by atoms with Crippen molar-refractivity contribution in [2.24, 2.45) is 4.99 Å². The Balaban J connectivity index is 2.32. The molecule has 0 aliphatic rings. The van der Waals surface area contributed by atoms with Crippen molar-refractivity contribution in [2.45, 2.75) is 6.92 Å². The smallest absolute Gasteiger partial charge is 0.141 e. The number of nitrogens with zero attached hydrogens (tertiary/aromatic N) is 1. The largest absolute Gasteiger partial charge is 0.506 e. The maximum atomic E-state index is 9.66. The topological polar surface area (TPSA) is 32.6 Å². The summed E-state index contributed by atoms with van der Waals surface area (Å²) in [6.07, 6.45) is 1.60. The number of rotatable bonds is 2. The lowest BCUT2D eigenvalue weighted by Crippen LogP contribution is -1.83. The number of hydrogen-bond donors (Lipinski definition) is 1. The van der Waals surface area contributed by atoms with Gasteiger partial charge in [0.1, 0.15) is 11.4 Å².